The lowest BCUT2D eigenvalue weighted by atomic mass is 9.93. The van der Waals surface area contributed by atoms with E-state index < -0.39 is 0 Å². The van der Waals surface area contributed by atoms with Gasteiger partial charge in [0.05, 0.1) is 11.3 Å². The Labute approximate surface area is 188 Å². The van der Waals surface area contributed by atoms with E-state index in [9.17, 15) is 9.59 Å². The molecule has 0 bridgehead atoms. The number of aromatic amines is 1. The highest BCUT2D eigenvalue weighted by molar-refractivity contribution is 5.81. The van der Waals surface area contributed by atoms with Gasteiger partial charge in [0.1, 0.15) is 0 Å². The molecule has 2 aliphatic heterocycles. The third kappa shape index (κ3) is 3.81. The van der Waals surface area contributed by atoms with Gasteiger partial charge in [-0.2, -0.15) is 0 Å². The van der Waals surface area contributed by atoms with Gasteiger partial charge in [0.15, 0.2) is 5.65 Å². The SMILES string of the molecule is O=C(C1CC1)N1CCC(c2cc3nc4c(c(=O)n3[nH]2)CN(CC2CC=CCC2)CC4)CC1. The van der Waals surface area contributed by atoms with Crippen molar-refractivity contribution in [1.82, 2.24) is 24.4 Å². The van der Waals surface area contributed by atoms with E-state index >= 15 is 0 Å². The molecule has 2 fully saturated rings. The number of hydrogen-bond donors (Lipinski definition) is 1. The molecule has 0 aromatic carbocycles. The molecule has 0 spiro atoms. The third-order valence-corrected chi connectivity index (χ3v) is 7.93. The Morgan fingerprint density at radius 3 is 2.69 bits per heavy atom. The van der Waals surface area contributed by atoms with Crippen LogP contribution in [0.25, 0.3) is 5.65 Å². The van der Waals surface area contributed by atoms with E-state index in [0.29, 0.717) is 30.2 Å². The van der Waals surface area contributed by atoms with E-state index in [0.717, 1.165) is 87.3 Å². The number of hydrogen-bond acceptors (Lipinski definition) is 4. The van der Waals surface area contributed by atoms with Crippen molar-refractivity contribution in [2.45, 2.75) is 63.8 Å². The van der Waals surface area contributed by atoms with E-state index in [1.807, 2.05) is 4.90 Å². The fourth-order valence-corrected chi connectivity index (χ4v) is 5.81. The van der Waals surface area contributed by atoms with Crippen LogP contribution in [0.1, 0.15) is 67.8 Å². The second-order valence-corrected chi connectivity index (χ2v) is 10.3. The smallest absolute Gasteiger partial charge is 0.277 e. The monoisotopic (exact) mass is 435 g/mol. The summed E-state index contributed by atoms with van der Waals surface area (Å²) in [7, 11) is 0. The summed E-state index contributed by atoms with van der Waals surface area (Å²) in [6.45, 7) is 4.40. The first-order valence-electron chi connectivity index (χ1n) is 12.5. The molecule has 1 saturated heterocycles. The van der Waals surface area contributed by atoms with Crippen molar-refractivity contribution >= 4 is 11.6 Å². The summed E-state index contributed by atoms with van der Waals surface area (Å²) in [6, 6.07) is 2.06. The molecule has 32 heavy (non-hydrogen) atoms. The lowest BCUT2D eigenvalue weighted by Gasteiger charge is -2.31. The molecule has 2 aromatic heterocycles. The predicted molar refractivity (Wildman–Crippen MR) is 123 cm³/mol. The zero-order valence-electron chi connectivity index (χ0n) is 18.8. The van der Waals surface area contributed by atoms with Crippen molar-refractivity contribution < 1.29 is 4.79 Å². The average molecular weight is 436 g/mol. The maximum atomic E-state index is 13.3. The summed E-state index contributed by atoms with van der Waals surface area (Å²) >= 11 is 0. The quantitative estimate of drug-likeness (QED) is 0.750. The van der Waals surface area contributed by atoms with Crippen LogP contribution in [0.5, 0.6) is 0 Å². The van der Waals surface area contributed by atoms with E-state index in [2.05, 4.69) is 28.2 Å². The van der Waals surface area contributed by atoms with Crippen molar-refractivity contribution in [2.75, 3.05) is 26.2 Å². The minimum absolute atomic E-state index is 0.0610. The van der Waals surface area contributed by atoms with Crippen LogP contribution in [0.3, 0.4) is 0 Å². The molecule has 2 aliphatic carbocycles. The van der Waals surface area contributed by atoms with Crippen LogP contribution in [0.15, 0.2) is 23.0 Å². The Morgan fingerprint density at radius 2 is 1.94 bits per heavy atom. The molecule has 4 aliphatic rings. The molecule has 1 amide bonds. The van der Waals surface area contributed by atoms with Crippen molar-refractivity contribution in [1.29, 1.82) is 0 Å². The number of nitrogens with zero attached hydrogens (tertiary/aromatic N) is 4. The first-order chi connectivity index (χ1) is 15.7. The normalized spacial score (nSPS) is 24.8. The molecule has 1 atom stereocenters. The number of likely N-dealkylation sites (tertiary alicyclic amines) is 1. The molecule has 1 N–H and O–H groups in total. The highest BCUT2D eigenvalue weighted by Crippen LogP contribution is 2.34. The zero-order valence-corrected chi connectivity index (χ0v) is 18.8. The van der Waals surface area contributed by atoms with Crippen LogP contribution in [-0.2, 0) is 17.8 Å². The fourth-order valence-electron chi connectivity index (χ4n) is 5.81. The Hall–Kier alpha value is -2.41. The van der Waals surface area contributed by atoms with Gasteiger partial charge in [0.25, 0.3) is 5.56 Å². The molecule has 6 rings (SSSR count). The molecular weight excluding hydrogens is 402 g/mol. The molecule has 1 unspecified atom stereocenters. The predicted octanol–water partition coefficient (Wildman–Crippen LogP) is 2.85. The van der Waals surface area contributed by atoms with Crippen molar-refractivity contribution in [2.24, 2.45) is 11.8 Å². The second kappa shape index (κ2) is 8.18. The summed E-state index contributed by atoms with van der Waals surface area (Å²) in [4.78, 5) is 35.0. The average Bonchev–Trinajstić information content (AvgIpc) is 3.59. The highest BCUT2D eigenvalue weighted by Gasteiger charge is 2.35. The number of allylic oxidation sites excluding steroid dienone is 2. The molecular formula is C25H33N5O2. The standard InChI is InChI=1S/C25H33N5O2/c31-24(19-6-7-19)29-12-8-18(9-13-29)22-14-23-26-21-10-11-28(15-17-4-2-1-3-5-17)16-20(21)25(32)30(23)27-22/h1-2,14,17-19,27H,3-13,15-16H2. The molecule has 1 saturated carbocycles. The first kappa shape index (κ1) is 20.2. The number of nitrogens with one attached hydrogen (secondary N) is 1. The van der Waals surface area contributed by atoms with Crippen LogP contribution >= 0.6 is 0 Å². The van der Waals surface area contributed by atoms with E-state index in [4.69, 9.17) is 4.98 Å². The van der Waals surface area contributed by atoms with Gasteiger partial charge in [-0.05, 0) is 50.9 Å². The molecule has 7 heteroatoms. The number of fused-ring (bicyclic) bond motifs is 2. The number of H-pyrrole nitrogens is 1. The molecule has 170 valence electrons. The summed E-state index contributed by atoms with van der Waals surface area (Å²) < 4.78 is 1.66. The lowest BCUT2D eigenvalue weighted by Crippen LogP contribution is -2.39. The molecule has 4 heterocycles. The second-order valence-electron chi connectivity index (χ2n) is 10.3. The van der Waals surface area contributed by atoms with Gasteiger partial charge in [-0.15, -0.1) is 0 Å². The van der Waals surface area contributed by atoms with Crippen molar-refractivity contribution in [3.05, 3.63) is 45.5 Å². The first-order valence-corrected chi connectivity index (χ1v) is 12.5. The lowest BCUT2D eigenvalue weighted by molar-refractivity contribution is -0.133. The number of rotatable bonds is 4. The number of aromatic nitrogens is 3. The number of carbonyl (C=O) groups is 1. The maximum absolute atomic E-state index is 13.3. The fraction of sp³-hybridized carbons (Fsp3) is 0.640. The Balaban J connectivity index is 1.18. The number of amides is 1. The third-order valence-electron chi connectivity index (χ3n) is 7.93. The van der Waals surface area contributed by atoms with Gasteiger partial charge >= 0.3 is 0 Å². The van der Waals surface area contributed by atoms with Crippen molar-refractivity contribution in [3.8, 4) is 0 Å². The summed E-state index contributed by atoms with van der Waals surface area (Å²) in [5.74, 6) is 1.70. The molecule has 0 radical (unpaired) electrons. The van der Waals surface area contributed by atoms with Gasteiger partial charge < -0.3 is 4.90 Å². The van der Waals surface area contributed by atoms with Gasteiger partial charge in [0, 0.05) is 62.7 Å². The van der Waals surface area contributed by atoms with Crippen LogP contribution in [0.2, 0.25) is 0 Å². The van der Waals surface area contributed by atoms with E-state index in [-0.39, 0.29) is 5.56 Å². The molecule has 2 aromatic rings. The Bertz CT molecular complexity index is 1100. The largest absolute Gasteiger partial charge is 0.342 e. The Kier molecular flexibility index (Phi) is 5.17. The highest BCUT2D eigenvalue weighted by atomic mass is 16.2. The van der Waals surface area contributed by atoms with Gasteiger partial charge in [-0.1, -0.05) is 12.2 Å². The summed E-state index contributed by atoms with van der Waals surface area (Å²) in [5, 5.41) is 3.37. The van der Waals surface area contributed by atoms with E-state index in [1.165, 1.54) is 12.8 Å². The topological polar surface area (TPSA) is 73.7 Å². The molecule has 7 nitrogen and oxygen atoms in total. The van der Waals surface area contributed by atoms with Crippen LogP contribution < -0.4 is 5.56 Å². The number of carbonyl (C=O) groups excluding carboxylic acids is 1. The summed E-state index contributed by atoms with van der Waals surface area (Å²) in [5.41, 5.74) is 3.72. The van der Waals surface area contributed by atoms with Crippen LogP contribution in [0, 0.1) is 11.8 Å². The van der Waals surface area contributed by atoms with Crippen molar-refractivity contribution in [3.63, 3.8) is 0 Å². The van der Waals surface area contributed by atoms with Crippen LogP contribution in [0.4, 0.5) is 0 Å². The van der Waals surface area contributed by atoms with Crippen LogP contribution in [-0.4, -0.2) is 56.5 Å². The maximum Gasteiger partial charge on any atom is 0.277 e. The zero-order chi connectivity index (χ0) is 21.7. The minimum atomic E-state index is 0.0610. The van der Waals surface area contributed by atoms with Gasteiger partial charge in [-0.25, -0.2) is 9.50 Å². The van der Waals surface area contributed by atoms with Gasteiger partial charge in [-0.3, -0.25) is 19.6 Å². The van der Waals surface area contributed by atoms with Gasteiger partial charge in [0.2, 0.25) is 5.91 Å². The number of piperidine rings is 1. The minimum Gasteiger partial charge on any atom is -0.342 e. The Morgan fingerprint density at radius 1 is 1.09 bits per heavy atom. The summed E-state index contributed by atoms with van der Waals surface area (Å²) in [6.07, 6.45) is 13.1. The van der Waals surface area contributed by atoms with E-state index in [1.54, 1.807) is 4.52 Å².